The first-order chi connectivity index (χ1) is 17.4. The lowest BCUT2D eigenvalue weighted by Crippen LogP contribution is -2.39. The van der Waals surface area contributed by atoms with Crippen molar-refractivity contribution >= 4 is 39.8 Å². The summed E-state index contributed by atoms with van der Waals surface area (Å²) >= 11 is 4.89. The molecule has 11 heteroatoms. The van der Waals surface area contributed by atoms with Crippen LogP contribution in [0.2, 0.25) is 0 Å². The molecule has 0 fully saturated rings. The molecule has 0 aliphatic rings. The van der Waals surface area contributed by atoms with Crippen molar-refractivity contribution in [3.8, 4) is 23.0 Å². The second-order valence-electron chi connectivity index (χ2n) is 7.74. The molecule has 0 aliphatic carbocycles. The lowest BCUT2D eigenvalue weighted by molar-refractivity contribution is -0.115. The van der Waals surface area contributed by atoms with Crippen molar-refractivity contribution < 1.29 is 23.4 Å². The number of anilines is 1. The van der Waals surface area contributed by atoms with E-state index < -0.39 is 11.7 Å². The highest BCUT2D eigenvalue weighted by molar-refractivity contribution is 7.80. The molecule has 36 heavy (non-hydrogen) atoms. The number of fused-ring (bicyclic) bond motifs is 1. The average molecular weight is 510 g/mol. The molecule has 186 valence electrons. The summed E-state index contributed by atoms with van der Waals surface area (Å²) in [7, 11) is 1.54. The highest BCUT2D eigenvalue weighted by Crippen LogP contribution is 2.38. The minimum atomic E-state index is -0.690. The summed E-state index contributed by atoms with van der Waals surface area (Å²) in [5.41, 5.74) is 6.39. The van der Waals surface area contributed by atoms with Crippen LogP contribution in [0.3, 0.4) is 0 Å². The van der Waals surface area contributed by atoms with Gasteiger partial charge in [0.2, 0.25) is 5.91 Å². The Hall–Kier alpha value is -4.25. The molecule has 2 heterocycles. The van der Waals surface area contributed by atoms with Gasteiger partial charge in [-0.15, -0.1) is 0 Å². The second kappa shape index (κ2) is 11.0. The second-order valence-corrected chi connectivity index (χ2v) is 8.16. The molecule has 1 amide bonds. The number of nitrogens with two attached hydrogens (primary N) is 1. The minimum Gasteiger partial charge on any atom is -0.493 e. The molecule has 0 saturated carbocycles. The maximum absolute atomic E-state index is 14.9. The van der Waals surface area contributed by atoms with Crippen molar-refractivity contribution in [1.29, 1.82) is 0 Å². The van der Waals surface area contributed by atoms with Gasteiger partial charge in [-0.25, -0.2) is 9.37 Å². The number of hydrogen-bond donors (Lipinski definition) is 1. The number of thiocarbonyl (C=S) groups is 1. The molecule has 4 rings (SSSR count). The van der Waals surface area contributed by atoms with Gasteiger partial charge in [0.25, 0.3) is 0 Å². The maximum Gasteiger partial charge on any atom is 0.230 e. The van der Waals surface area contributed by atoms with Crippen LogP contribution in [0.25, 0.3) is 10.9 Å². The minimum absolute atomic E-state index is 0.0449. The number of halogens is 1. The Bertz CT molecular complexity index is 1380. The fraction of sp³-hybridized carbons (Fsp3) is 0.200. The van der Waals surface area contributed by atoms with E-state index in [1.54, 1.807) is 36.9 Å². The number of methoxy groups -OCH3 is 1. The van der Waals surface area contributed by atoms with Gasteiger partial charge in [0, 0.05) is 49.6 Å². The van der Waals surface area contributed by atoms with Crippen LogP contribution in [0, 0.1) is 5.82 Å². The van der Waals surface area contributed by atoms with E-state index in [9.17, 15) is 9.18 Å². The Morgan fingerprint density at radius 2 is 1.97 bits per heavy atom. The molecule has 4 aromatic rings. The fourth-order valence-corrected chi connectivity index (χ4v) is 3.87. The molecule has 2 aromatic carbocycles. The summed E-state index contributed by atoms with van der Waals surface area (Å²) in [6.07, 6.45) is 7.72. The molecule has 0 unspecified atom stereocenters. The summed E-state index contributed by atoms with van der Waals surface area (Å²) in [5, 5.41) is 0.430. The van der Waals surface area contributed by atoms with Crippen molar-refractivity contribution in [3.05, 3.63) is 67.1 Å². The number of aromatic nitrogens is 3. The highest BCUT2D eigenvalue weighted by Gasteiger charge is 2.18. The van der Waals surface area contributed by atoms with E-state index in [4.69, 9.17) is 32.2 Å². The smallest absolute Gasteiger partial charge is 0.230 e. The summed E-state index contributed by atoms with van der Waals surface area (Å²) in [6.45, 7) is 2.53. The van der Waals surface area contributed by atoms with E-state index >= 15 is 0 Å². The van der Waals surface area contributed by atoms with Crippen LogP contribution >= 0.6 is 12.2 Å². The SMILES string of the molecule is COc1cc2c(Oc3ccc(N(C(C)=O)C(N)=S)cc3F)ccnc2cc1OCCCn1ccnc1. The van der Waals surface area contributed by atoms with Crippen LogP contribution < -0.4 is 24.8 Å². The Balaban J connectivity index is 1.55. The molecule has 0 bridgehead atoms. The number of imidazole rings is 1. The lowest BCUT2D eigenvalue weighted by Gasteiger charge is -2.19. The summed E-state index contributed by atoms with van der Waals surface area (Å²) in [5.74, 6) is 0.239. The van der Waals surface area contributed by atoms with Crippen molar-refractivity contribution in [1.82, 2.24) is 14.5 Å². The molecule has 0 atom stereocenters. The first kappa shape index (κ1) is 24.9. The molecule has 0 aliphatic heterocycles. The van der Waals surface area contributed by atoms with Crippen molar-refractivity contribution in [3.63, 3.8) is 0 Å². The van der Waals surface area contributed by atoms with E-state index in [1.807, 2.05) is 10.8 Å². The Kier molecular flexibility index (Phi) is 7.59. The van der Waals surface area contributed by atoms with E-state index in [0.29, 0.717) is 34.8 Å². The van der Waals surface area contributed by atoms with Gasteiger partial charge in [0.05, 0.1) is 31.2 Å². The van der Waals surface area contributed by atoms with Crippen molar-refractivity contribution in [2.45, 2.75) is 19.9 Å². The van der Waals surface area contributed by atoms with Crippen molar-refractivity contribution in [2.75, 3.05) is 18.6 Å². The molecular formula is C25H24FN5O4S. The first-order valence-electron chi connectivity index (χ1n) is 11.0. The van der Waals surface area contributed by atoms with Gasteiger partial charge < -0.3 is 24.5 Å². The summed E-state index contributed by atoms with van der Waals surface area (Å²) in [4.78, 5) is 21.3. The summed E-state index contributed by atoms with van der Waals surface area (Å²) in [6, 6.07) is 9.15. The molecule has 0 spiro atoms. The predicted octanol–water partition coefficient (Wildman–Crippen LogP) is 4.44. The molecule has 0 saturated heterocycles. The Morgan fingerprint density at radius 1 is 1.14 bits per heavy atom. The molecule has 9 nitrogen and oxygen atoms in total. The first-order valence-corrected chi connectivity index (χ1v) is 11.4. The maximum atomic E-state index is 14.9. The normalized spacial score (nSPS) is 10.8. The van der Waals surface area contributed by atoms with Crippen LogP contribution in [0.5, 0.6) is 23.0 Å². The average Bonchev–Trinajstić information content (AvgIpc) is 3.36. The quantitative estimate of drug-likeness (QED) is 0.261. The van der Waals surface area contributed by atoms with Crippen LogP contribution in [0.1, 0.15) is 13.3 Å². The largest absolute Gasteiger partial charge is 0.493 e. The zero-order valence-electron chi connectivity index (χ0n) is 19.7. The predicted molar refractivity (Wildman–Crippen MR) is 137 cm³/mol. The number of nitrogens with zero attached hydrogens (tertiary/aromatic N) is 4. The molecule has 0 radical (unpaired) electrons. The lowest BCUT2D eigenvalue weighted by atomic mass is 10.1. The highest BCUT2D eigenvalue weighted by atomic mass is 32.1. The van der Waals surface area contributed by atoms with Gasteiger partial charge in [0.1, 0.15) is 5.75 Å². The number of aryl methyl sites for hydroxylation is 1. The molecular weight excluding hydrogens is 485 g/mol. The molecule has 2 N–H and O–H groups in total. The number of ether oxygens (including phenoxy) is 3. The topological polar surface area (TPSA) is 105 Å². The Morgan fingerprint density at radius 3 is 2.64 bits per heavy atom. The molecule has 2 aromatic heterocycles. The van der Waals surface area contributed by atoms with E-state index in [1.165, 1.54) is 26.2 Å². The monoisotopic (exact) mass is 509 g/mol. The summed E-state index contributed by atoms with van der Waals surface area (Å²) < 4.78 is 34.2. The number of amides is 1. The third kappa shape index (κ3) is 5.52. The van der Waals surface area contributed by atoms with E-state index in [2.05, 4.69) is 9.97 Å². The van der Waals surface area contributed by atoms with Gasteiger partial charge >= 0.3 is 0 Å². The number of carbonyl (C=O) groups is 1. The van der Waals surface area contributed by atoms with Gasteiger partial charge in [-0.1, -0.05) is 0 Å². The number of carbonyl (C=O) groups excluding carboxylic acids is 1. The van der Waals surface area contributed by atoms with Crippen molar-refractivity contribution in [2.24, 2.45) is 5.73 Å². The van der Waals surface area contributed by atoms with Gasteiger partial charge in [-0.2, -0.15) is 0 Å². The van der Waals surface area contributed by atoms with Crippen LogP contribution in [-0.2, 0) is 11.3 Å². The zero-order valence-corrected chi connectivity index (χ0v) is 20.5. The van der Waals surface area contributed by atoms with Crippen LogP contribution in [0.15, 0.2) is 61.3 Å². The van der Waals surface area contributed by atoms with Crippen LogP contribution in [0.4, 0.5) is 10.1 Å². The number of hydrogen-bond acceptors (Lipinski definition) is 7. The van der Waals surface area contributed by atoms with E-state index in [-0.39, 0.29) is 16.5 Å². The number of pyridine rings is 1. The van der Waals surface area contributed by atoms with E-state index in [0.717, 1.165) is 23.9 Å². The standard InChI is InChI=1S/C25H24FN5O4S/c1-16(32)31(25(27)36)17-4-5-22(19(26)12-17)35-21-6-7-29-20-14-24(23(33-2)13-18(20)21)34-11-3-9-30-10-8-28-15-30/h4-8,10,12-15H,3,9,11H2,1-2H3,(H2,27,36). The third-order valence-electron chi connectivity index (χ3n) is 5.29. The van der Waals surface area contributed by atoms with Gasteiger partial charge in [-0.3, -0.25) is 14.7 Å². The van der Waals surface area contributed by atoms with Crippen LogP contribution in [-0.4, -0.2) is 39.3 Å². The Labute approximate surface area is 212 Å². The van der Waals surface area contributed by atoms with Gasteiger partial charge in [-0.05, 0) is 42.9 Å². The number of benzene rings is 2. The zero-order chi connectivity index (χ0) is 25.7. The number of rotatable bonds is 9. The fourth-order valence-electron chi connectivity index (χ4n) is 3.63. The third-order valence-corrected chi connectivity index (χ3v) is 5.48. The van der Waals surface area contributed by atoms with Gasteiger partial charge in [0.15, 0.2) is 28.2 Å².